The van der Waals surface area contributed by atoms with E-state index in [2.05, 4.69) is 12.1 Å². The largest absolute Gasteiger partial charge is 0.327 e. The summed E-state index contributed by atoms with van der Waals surface area (Å²) in [6, 6.07) is 8.42. The zero-order valence-electron chi connectivity index (χ0n) is 12.2. The van der Waals surface area contributed by atoms with E-state index in [1.807, 2.05) is 12.1 Å². The van der Waals surface area contributed by atoms with Crippen LogP contribution in [-0.2, 0) is 6.42 Å². The molecule has 0 amide bonds. The maximum absolute atomic E-state index is 6.51. The van der Waals surface area contributed by atoms with Crippen LogP contribution in [0.2, 0.25) is 5.02 Å². The molecule has 2 fully saturated rings. The third-order valence-corrected chi connectivity index (χ3v) is 5.97. The van der Waals surface area contributed by atoms with Gasteiger partial charge in [0.1, 0.15) is 0 Å². The van der Waals surface area contributed by atoms with Gasteiger partial charge in [0, 0.05) is 11.1 Å². The first-order valence-corrected chi connectivity index (χ1v) is 8.61. The van der Waals surface area contributed by atoms with Crippen LogP contribution in [0, 0.1) is 17.8 Å². The second kappa shape index (κ2) is 6.49. The Morgan fingerprint density at radius 1 is 1.05 bits per heavy atom. The van der Waals surface area contributed by atoms with Crippen molar-refractivity contribution < 1.29 is 0 Å². The highest BCUT2D eigenvalue weighted by molar-refractivity contribution is 6.31. The second-order valence-electron chi connectivity index (χ2n) is 6.84. The molecule has 1 aromatic rings. The first-order chi connectivity index (χ1) is 9.74. The van der Waals surface area contributed by atoms with Gasteiger partial charge >= 0.3 is 0 Å². The second-order valence-corrected chi connectivity index (χ2v) is 7.24. The lowest BCUT2D eigenvalue weighted by molar-refractivity contribution is 0.117. The Morgan fingerprint density at radius 2 is 1.80 bits per heavy atom. The van der Waals surface area contributed by atoms with Gasteiger partial charge in [0.15, 0.2) is 0 Å². The summed E-state index contributed by atoms with van der Waals surface area (Å²) in [7, 11) is 0. The lowest BCUT2D eigenvalue weighted by atomic mass is 9.66. The normalized spacial score (nSPS) is 31.6. The van der Waals surface area contributed by atoms with E-state index in [0.29, 0.717) is 5.92 Å². The molecule has 0 spiro atoms. The van der Waals surface area contributed by atoms with Crippen LogP contribution in [0.25, 0.3) is 0 Å². The summed E-state index contributed by atoms with van der Waals surface area (Å²) in [6.45, 7) is 0. The van der Waals surface area contributed by atoms with Gasteiger partial charge in [-0.3, -0.25) is 0 Å². The van der Waals surface area contributed by atoms with Gasteiger partial charge in [0.2, 0.25) is 0 Å². The predicted molar refractivity (Wildman–Crippen MR) is 85.9 cm³/mol. The minimum absolute atomic E-state index is 0.276. The van der Waals surface area contributed by atoms with Gasteiger partial charge in [-0.05, 0) is 55.1 Å². The molecule has 0 heterocycles. The van der Waals surface area contributed by atoms with Gasteiger partial charge in [0.05, 0.1) is 0 Å². The van der Waals surface area contributed by atoms with Crippen molar-refractivity contribution in [1.29, 1.82) is 0 Å². The third kappa shape index (κ3) is 3.20. The van der Waals surface area contributed by atoms with Crippen molar-refractivity contribution in [3.05, 3.63) is 34.9 Å². The lowest BCUT2D eigenvalue weighted by Gasteiger charge is -2.41. The van der Waals surface area contributed by atoms with Crippen LogP contribution < -0.4 is 5.73 Å². The summed E-state index contributed by atoms with van der Waals surface area (Å²) in [5.74, 6) is 2.66. The van der Waals surface area contributed by atoms with Gasteiger partial charge in [-0.25, -0.2) is 0 Å². The van der Waals surface area contributed by atoms with E-state index in [4.69, 9.17) is 17.3 Å². The molecule has 2 heteroatoms. The van der Waals surface area contributed by atoms with Crippen molar-refractivity contribution in [3.8, 4) is 0 Å². The van der Waals surface area contributed by atoms with E-state index in [0.717, 1.165) is 23.3 Å². The average Bonchev–Trinajstić information content (AvgIpc) is 2.49. The number of rotatable bonds is 3. The zero-order chi connectivity index (χ0) is 13.9. The summed E-state index contributed by atoms with van der Waals surface area (Å²) in [5.41, 5.74) is 7.73. The van der Waals surface area contributed by atoms with Crippen LogP contribution in [0.5, 0.6) is 0 Å². The molecular formula is C18H26ClN. The minimum Gasteiger partial charge on any atom is -0.327 e. The summed E-state index contributed by atoms with van der Waals surface area (Å²) in [5, 5.41) is 0.870. The van der Waals surface area contributed by atoms with E-state index in [-0.39, 0.29) is 6.04 Å². The van der Waals surface area contributed by atoms with Gasteiger partial charge in [-0.15, -0.1) is 0 Å². The standard InChI is InChI=1S/C18H26ClN/c19-17-8-4-3-7-15(17)12-18(20)16-10-9-13-5-1-2-6-14(13)11-16/h3-4,7-8,13-14,16,18H,1-2,5-6,9-12,20H2. The van der Waals surface area contributed by atoms with Crippen LogP contribution >= 0.6 is 11.6 Å². The van der Waals surface area contributed by atoms with Gasteiger partial charge in [0.25, 0.3) is 0 Å². The molecule has 0 bridgehead atoms. The maximum atomic E-state index is 6.51. The van der Waals surface area contributed by atoms with Crippen LogP contribution in [-0.4, -0.2) is 6.04 Å². The van der Waals surface area contributed by atoms with Gasteiger partial charge in [-0.2, -0.15) is 0 Å². The Balaban J connectivity index is 1.60. The van der Waals surface area contributed by atoms with Crippen molar-refractivity contribution in [2.24, 2.45) is 23.5 Å². The van der Waals surface area contributed by atoms with E-state index in [1.165, 1.54) is 50.5 Å². The molecule has 1 aromatic carbocycles. The highest BCUT2D eigenvalue weighted by atomic mass is 35.5. The van der Waals surface area contributed by atoms with Crippen LogP contribution in [0.1, 0.15) is 50.5 Å². The Morgan fingerprint density at radius 3 is 2.60 bits per heavy atom. The lowest BCUT2D eigenvalue weighted by Crippen LogP contribution is -2.38. The molecule has 0 aliphatic heterocycles. The number of nitrogens with two attached hydrogens (primary N) is 1. The number of fused-ring (bicyclic) bond motifs is 1. The molecule has 110 valence electrons. The van der Waals surface area contributed by atoms with Crippen LogP contribution in [0.3, 0.4) is 0 Å². The summed E-state index contributed by atoms with van der Waals surface area (Å²) in [4.78, 5) is 0. The van der Waals surface area contributed by atoms with Crippen molar-refractivity contribution >= 4 is 11.6 Å². The Labute approximate surface area is 127 Å². The predicted octanol–water partition coefficient (Wildman–Crippen LogP) is 4.82. The molecular weight excluding hydrogens is 266 g/mol. The van der Waals surface area contributed by atoms with E-state index >= 15 is 0 Å². The van der Waals surface area contributed by atoms with Crippen LogP contribution in [0.4, 0.5) is 0 Å². The molecule has 0 saturated heterocycles. The topological polar surface area (TPSA) is 26.0 Å². The first kappa shape index (κ1) is 14.4. The van der Waals surface area contributed by atoms with Gasteiger partial charge < -0.3 is 5.73 Å². The van der Waals surface area contributed by atoms with Crippen molar-refractivity contribution in [3.63, 3.8) is 0 Å². The summed E-state index contributed by atoms with van der Waals surface area (Å²) >= 11 is 6.26. The van der Waals surface area contributed by atoms with Crippen LogP contribution in [0.15, 0.2) is 24.3 Å². The highest BCUT2D eigenvalue weighted by Gasteiger charge is 2.34. The maximum Gasteiger partial charge on any atom is 0.0438 e. The number of hydrogen-bond acceptors (Lipinski definition) is 1. The zero-order valence-corrected chi connectivity index (χ0v) is 13.0. The Kier molecular flexibility index (Phi) is 4.68. The molecule has 2 N–H and O–H groups in total. The molecule has 0 radical (unpaired) electrons. The smallest absolute Gasteiger partial charge is 0.0438 e. The molecule has 3 rings (SSSR count). The number of halogens is 1. The fourth-order valence-corrected chi connectivity index (χ4v) is 4.60. The average molecular weight is 292 g/mol. The monoisotopic (exact) mass is 291 g/mol. The van der Waals surface area contributed by atoms with E-state index in [1.54, 1.807) is 0 Å². The fourth-order valence-electron chi connectivity index (χ4n) is 4.38. The summed E-state index contributed by atoms with van der Waals surface area (Å²) < 4.78 is 0. The quantitative estimate of drug-likeness (QED) is 0.849. The highest BCUT2D eigenvalue weighted by Crippen LogP contribution is 2.43. The van der Waals surface area contributed by atoms with Crippen molar-refractivity contribution in [1.82, 2.24) is 0 Å². The molecule has 2 aliphatic carbocycles. The molecule has 2 saturated carbocycles. The third-order valence-electron chi connectivity index (χ3n) is 5.60. The number of hydrogen-bond donors (Lipinski definition) is 1. The van der Waals surface area contributed by atoms with Crippen molar-refractivity contribution in [2.75, 3.05) is 0 Å². The molecule has 4 atom stereocenters. The fraction of sp³-hybridized carbons (Fsp3) is 0.667. The molecule has 20 heavy (non-hydrogen) atoms. The first-order valence-electron chi connectivity index (χ1n) is 8.23. The van der Waals surface area contributed by atoms with Gasteiger partial charge in [-0.1, -0.05) is 55.5 Å². The molecule has 0 aromatic heterocycles. The van der Waals surface area contributed by atoms with E-state index in [9.17, 15) is 0 Å². The molecule has 1 nitrogen and oxygen atoms in total. The van der Waals surface area contributed by atoms with E-state index < -0.39 is 0 Å². The van der Waals surface area contributed by atoms with Crippen molar-refractivity contribution in [2.45, 2.75) is 57.4 Å². The SMILES string of the molecule is NC(Cc1ccccc1Cl)C1CCC2CCCCC2C1. The molecule has 4 unspecified atom stereocenters. The molecule has 2 aliphatic rings. The number of benzene rings is 1. The minimum atomic E-state index is 0.276. The Hall–Kier alpha value is -0.530. The summed E-state index contributed by atoms with van der Waals surface area (Å²) in [6.07, 6.45) is 10.8. The Bertz CT molecular complexity index is 445.